The second kappa shape index (κ2) is 5.60. The van der Waals surface area contributed by atoms with Gasteiger partial charge in [0.05, 0.1) is 0 Å². The molecule has 1 aliphatic heterocycles. The number of aromatic nitrogens is 1. The Morgan fingerprint density at radius 1 is 1.04 bits per heavy atom. The van der Waals surface area contributed by atoms with Crippen molar-refractivity contribution in [3.8, 4) is 0 Å². The Balaban J connectivity index is 1.63. The van der Waals surface area contributed by atoms with E-state index >= 15 is 0 Å². The Hall–Kier alpha value is -2.86. The lowest BCUT2D eigenvalue weighted by Crippen LogP contribution is -2.50. The molecular weight excluding hydrogens is 320 g/mol. The van der Waals surface area contributed by atoms with Crippen LogP contribution in [0.1, 0.15) is 23.3 Å². The van der Waals surface area contributed by atoms with E-state index in [4.69, 9.17) is 5.11 Å². The van der Waals surface area contributed by atoms with E-state index in [1.165, 1.54) is 0 Å². The number of aromatic amines is 1. The smallest absolute Gasteiger partial charge is 0.335 e. The summed E-state index contributed by atoms with van der Waals surface area (Å²) in [5.41, 5.74) is -0.360. The molecule has 0 spiro atoms. The summed E-state index contributed by atoms with van der Waals surface area (Å²) in [4.78, 5) is 28.6. The standard InChI is InChI=1S/C19H18N2O4/c22-17(21-9-7-19(25,8-10-21)18(23)24)16-11-14-13-4-2-1-3-12(13)5-6-15(14)20-16/h1-6,11,20,25H,7-10H2,(H,23,24). The molecular formula is C19H18N2O4. The minimum absolute atomic E-state index is 0.0389. The second-order valence-corrected chi connectivity index (χ2v) is 6.56. The fraction of sp³-hybridized carbons (Fsp3) is 0.263. The zero-order chi connectivity index (χ0) is 17.6. The Labute approximate surface area is 143 Å². The molecule has 128 valence electrons. The van der Waals surface area contributed by atoms with Crippen LogP contribution in [-0.2, 0) is 4.79 Å². The molecule has 1 aliphatic rings. The number of benzene rings is 2. The van der Waals surface area contributed by atoms with E-state index in [1.807, 2.05) is 42.5 Å². The van der Waals surface area contributed by atoms with Gasteiger partial charge in [0.1, 0.15) is 5.69 Å². The van der Waals surface area contributed by atoms with E-state index < -0.39 is 11.6 Å². The number of carboxylic acid groups (broad SMARTS) is 1. The van der Waals surface area contributed by atoms with Gasteiger partial charge in [-0.1, -0.05) is 30.3 Å². The first kappa shape index (κ1) is 15.7. The number of aliphatic carboxylic acids is 1. The van der Waals surface area contributed by atoms with Crippen molar-refractivity contribution in [2.75, 3.05) is 13.1 Å². The van der Waals surface area contributed by atoms with Crippen molar-refractivity contribution in [3.05, 3.63) is 48.2 Å². The lowest BCUT2D eigenvalue weighted by molar-refractivity contribution is -0.162. The lowest BCUT2D eigenvalue weighted by atomic mass is 9.91. The summed E-state index contributed by atoms with van der Waals surface area (Å²) in [6.07, 6.45) is 0.0778. The lowest BCUT2D eigenvalue weighted by Gasteiger charge is -2.35. The molecule has 0 aliphatic carbocycles. The largest absolute Gasteiger partial charge is 0.479 e. The number of rotatable bonds is 2. The van der Waals surface area contributed by atoms with E-state index in [9.17, 15) is 14.7 Å². The highest BCUT2D eigenvalue weighted by atomic mass is 16.4. The summed E-state index contributed by atoms with van der Waals surface area (Å²) >= 11 is 0. The molecule has 0 radical (unpaired) electrons. The van der Waals surface area contributed by atoms with Gasteiger partial charge < -0.3 is 20.1 Å². The summed E-state index contributed by atoms with van der Waals surface area (Å²) < 4.78 is 0. The van der Waals surface area contributed by atoms with Crippen LogP contribution < -0.4 is 0 Å². The molecule has 4 rings (SSSR count). The first-order valence-electron chi connectivity index (χ1n) is 8.23. The summed E-state index contributed by atoms with van der Waals surface area (Å²) in [6, 6.07) is 13.8. The van der Waals surface area contributed by atoms with Gasteiger partial charge in [0.25, 0.3) is 5.91 Å². The van der Waals surface area contributed by atoms with Crippen molar-refractivity contribution in [3.63, 3.8) is 0 Å². The van der Waals surface area contributed by atoms with Crippen LogP contribution in [0.4, 0.5) is 0 Å². The van der Waals surface area contributed by atoms with Gasteiger partial charge in [-0.25, -0.2) is 4.79 Å². The minimum Gasteiger partial charge on any atom is -0.479 e. The van der Waals surface area contributed by atoms with Gasteiger partial charge in [-0.05, 0) is 22.9 Å². The average Bonchev–Trinajstić information content (AvgIpc) is 3.06. The molecule has 0 atom stereocenters. The quantitative estimate of drug-likeness (QED) is 0.669. The Morgan fingerprint density at radius 3 is 2.48 bits per heavy atom. The van der Waals surface area contributed by atoms with Gasteiger partial charge >= 0.3 is 5.97 Å². The molecule has 0 saturated carbocycles. The molecule has 3 aromatic rings. The maximum Gasteiger partial charge on any atom is 0.335 e. The van der Waals surface area contributed by atoms with E-state index in [0.29, 0.717) is 5.69 Å². The molecule has 6 nitrogen and oxygen atoms in total. The van der Waals surface area contributed by atoms with Crippen LogP contribution in [0.2, 0.25) is 0 Å². The van der Waals surface area contributed by atoms with Gasteiger partial charge in [-0.15, -0.1) is 0 Å². The molecule has 3 N–H and O–H groups in total. The zero-order valence-corrected chi connectivity index (χ0v) is 13.5. The van der Waals surface area contributed by atoms with Crippen molar-refractivity contribution in [2.24, 2.45) is 0 Å². The van der Waals surface area contributed by atoms with Gasteiger partial charge in [-0.3, -0.25) is 4.79 Å². The highest BCUT2D eigenvalue weighted by Gasteiger charge is 2.40. The number of carbonyl (C=O) groups is 2. The maximum atomic E-state index is 12.8. The van der Waals surface area contributed by atoms with Crippen LogP contribution in [0.25, 0.3) is 21.7 Å². The van der Waals surface area contributed by atoms with Crippen molar-refractivity contribution >= 4 is 33.6 Å². The number of piperidine rings is 1. The van der Waals surface area contributed by atoms with E-state index in [2.05, 4.69) is 4.98 Å². The molecule has 2 aromatic carbocycles. The number of nitrogens with zero attached hydrogens (tertiary/aromatic N) is 1. The molecule has 1 saturated heterocycles. The zero-order valence-electron chi connectivity index (χ0n) is 13.5. The topological polar surface area (TPSA) is 93.6 Å². The number of hydrogen-bond acceptors (Lipinski definition) is 3. The maximum absolute atomic E-state index is 12.8. The summed E-state index contributed by atoms with van der Waals surface area (Å²) in [5.74, 6) is -1.40. The molecule has 1 aromatic heterocycles. The monoisotopic (exact) mass is 338 g/mol. The molecule has 2 heterocycles. The van der Waals surface area contributed by atoms with Crippen LogP contribution in [0.5, 0.6) is 0 Å². The van der Waals surface area contributed by atoms with Crippen molar-refractivity contribution in [1.82, 2.24) is 9.88 Å². The number of likely N-dealkylation sites (tertiary alicyclic amines) is 1. The Morgan fingerprint density at radius 2 is 1.76 bits per heavy atom. The number of aliphatic hydroxyl groups is 1. The van der Waals surface area contributed by atoms with E-state index in [1.54, 1.807) is 4.90 Å². The third-order valence-corrected chi connectivity index (χ3v) is 5.04. The van der Waals surface area contributed by atoms with E-state index in [-0.39, 0.29) is 31.8 Å². The van der Waals surface area contributed by atoms with Gasteiger partial charge in [0, 0.05) is 36.8 Å². The highest BCUT2D eigenvalue weighted by molar-refractivity contribution is 6.09. The normalized spacial score (nSPS) is 17.1. The summed E-state index contributed by atoms with van der Waals surface area (Å²) in [5, 5.41) is 22.3. The molecule has 0 bridgehead atoms. The Bertz CT molecular complexity index is 983. The fourth-order valence-corrected chi connectivity index (χ4v) is 3.46. The second-order valence-electron chi connectivity index (χ2n) is 6.56. The first-order valence-corrected chi connectivity index (χ1v) is 8.23. The molecule has 1 fully saturated rings. The average molecular weight is 338 g/mol. The van der Waals surface area contributed by atoms with Crippen LogP contribution in [0.3, 0.4) is 0 Å². The third kappa shape index (κ3) is 2.55. The van der Waals surface area contributed by atoms with Crippen LogP contribution in [0.15, 0.2) is 42.5 Å². The van der Waals surface area contributed by atoms with Crippen molar-refractivity contribution < 1.29 is 19.8 Å². The molecule has 1 amide bonds. The number of H-pyrrole nitrogens is 1. The fourth-order valence-electron chi connectivity index (χ4n) is 3.46. The van der Waals surface area contributed by atoms with Gasteiger partial charge in [0.2, 0.25) is 0 Å². The number of fused-ring (bicyclic) bond motifs is 3. The van der Waals surface area contributed by atoms with Crippen molar-refractivity contribution in [2.45, 2.75) is 18.4 Å². The van der Waals surface area contributed by atoms with Crippen LogP contribution in [-0.4, -0.2) is 50.7 Å². The van der Waals surface area contributed by atoms with Gasteiger partial charge in [0.15, 0.2) is 5.60 Å². The number of hydrogen-bond donors (Lipinski definition) is 3. The predicted molar refractivity (Wildman–Crippen MR) is 93.5 cm³/mol. The molecule has 0 unspecified atom stereocenters. The predicted octanol–water partition coefficient (Wildman–Crippen LogP) is 2.37. The highest BCUT2D eigenvalue weighted by Crippen LogP contribution is 2.28. The SMILES string of the molecule is O=C(c1cc2c(ccc3ccccc32)[nH]1)N1CCC(O)(C(=O)O)CC1. The number of nitrogens with one attached hydrogen (secondary N) is 1. The Kier molecular flexibility index (Phi) is 3.51. The summed E-state index contributed by atoms with van der Waals surface area (Å²) in [6.45, 7) is 0.440. The third-order valence-electron chi connectivity index (χ3n) is 5.04. The van der Waals surface area contributed by atoms with Crippen LogP contribution in [0, 0.1) is 0 Å². The number of carbonyl (C=O) groups excluding carboxylic acids is 1. The molecule has 25 heavy (non-hydrogen) atoms. The molecule has 6 heteroatoms. The van der Waals surface area contributed by atoms with Crippen LogP contribution >= 0.6 is 0 Å². The summed E-state index contributed by atoms with van der Waals surface area (Å²) in [7, 11) is 0. The first-order chi connectivity index (χ1) is 12.0. The van der Waals surface area contributed by atoms with Gasteiger partial charge in [-0.2, -0.15) is 0 Å². The van der Waals surface area contributed by atoms with Crippen molar-refractivity contribution in [1.29, 1.82) is 0 Å². The minimum atomic E-state index is -1.73. The number of amides is 1. The van der Waals surface area contributed by atoms with E-state index in [0.717, 1.165) is 21.7 Å². The number of carboxylic acids is 1.